The lowest BCUT2D eigenvalue weighted by Crippen LogP contribution is -2.27. The van der Waals surface area contributed by atoms with E-state index in [4.69, 9.17) is 21.4 Å². The Morgan fingerprint density at radius 1 is 1.60 bits per heavy atom. The molecule has 0 amide bonds. The van der Waals surface area contributed by atoms with Crippen molar-refractivity contribution in [3.63, 3.8) is 0 Å². The van der Waals surface area contributed by atoms with Crippen molar-refractivity contribution >= 4 is 28.5 Å². The monoisotopic (exact) mass is 297 g/mol. The largest absolute Gasteiger partial charge is 0.488 e. The van der Waals surface area contributed by atoms with Crippen LogP contribution in [0.1, 0.15) is 23.3 Å². The molecule has 0 spiro atoms. The molecule has 1 aliphatic rings. The molecular weight excluding hydrogens is 289 g/mol. The highest BCUT2D eigenvalue weighted by atomic mass is 35.5. The molecule has 2 aromatic rings. The van der Waals surface area contributed by atoms with Crippen LogP contribution < -0.4 is 10.2 Å². The summed E-state index contributed by atoms with van der Waals surface area (Å²) in [5.74, 6) is -2.04. The quantitative estimate of drug-likeness (QED) is 0.878. The predicted molar refractivity (Wildman–Crippen MR) is 70.3 cm³/mol. The molecule has 1 N–H and O–H groups in total. The molecule has 20 heavy (non-hydrogen) atoms. The van der Waals surface area contributed by atoms with E-state index in [2.05, 4.69) is 0 Å². The molecule has 5 nitrogen and oxygen atoms in total. The second-order valence-electron chi connectivity index (χ2n) is 4.64. The number of pyridine rings is 1. The molecule has 3 rings (SSSR count). The van der Waals surface area contributed by atoms with Gasteiger partial charge in [0.1, 0.15) is 18.0 Å². The first-order valence-electron chi connectivity index (χ1n) is 5.84. The Bertz CT molecular complexity index is 814. The number of carboxylic acids is 1. The van der Waals surface area contributed by atoms with Crippen molar-refractivity contribution in [2.24, 2.45) is 0 Å². The highest BCUT2D eigenvalue weighted by molar-refractivity contribution is 6.33. The maximum Gasteiger partial charge on any atom is 0.341 e. The summed E-state index contributed by atoms with van der Waals surface area (Å²) in [6.45, 7) is 2.03. The molecule has 0 fully saturated rings. The van der Waals surface area contributed by atoms with Crippen LogP contribution in [-0.2, 0) is 0 Å². The predicted octanol–water partition coefficient (Wildman–Crippen LogP) is 2.45. The van der Waals surface area contributed by atoms with Gasteiger partial charge in [-0.05, 0) is 13.0 Å². The van der Waals surface area contributed by atoms with Crippen LogP contribution in [0.5, 0.6) is 5.75 Å². The molecule has 1 atom stereocenters. The van der Waals surface area contributed by atoms with Gasteiger partial charge in [-0.15, -0.1) is 0 Å². The zero-order chi connectivity index (χ0) is 14.6. The highest BCUT2D eigenvalue weighted by Crippen LogP contribution is 2.38. The van der Waals surface area contributed by atoms with Crippen LogP contribution in [0, 0.1) is 5.82 Å². The van der Waals surface area contributed by atoms with Crippen LogP contribution in [0.15, 0.2) is 17.1 Å². The van der Waals surface area contributed by atoms with Crippen molar-refractivity contribution in [3.8, 4) is 5.75 Å². The van der Waals surface area contributed by atoms with Gasteiger partial charge in [-0.2, -0.15) is 0 Å². The zero-order valence-corrected chi connectivity index (χ0v) is 11.1. The van der Waals surface area contributed by atoms with Gasteiger partial charge in [-0.3, -0.25) is 4.79 Å². The molecule has 1 unspecified atom stereocenters. The third-order valence-electron chi connectivity index (χ3n) is 3.33. The lowest BCUT2D eigenvalue weighted by molar-refractivity contribution is 0.0694. The number of carbonyl (C=O) groups is 1. The first-order valence-corrected chi connectivity index (χ1v) is 6.22. The highest BCUT2D eigenvalue weighted by Gasteiger charge is 2.27. The SMILES string of the molecule is CC1COc2c(Cl)cc(F)c3c(=O)c(C(=O)O)cn1c23. The molecular formula is C13H9ClFNO4. The maximum absolute atomic E-state index is 14.1. The number of hydrogen-bond acceptors (Lipinski definition) is 3. The number of rotatable bonds is 1. The molecule has 0 saturated heterocycles. The summed E-state index contributed by atoms with van der Waals surface area (Å²) in [6.07, 6.45) is 1.21. The van der Waals surface area contributed by atoms with E-state index in [0.29, 0.717) is 0 Å². The average molecular weight is 298 g/mol. The molecule has 0 saturated carbocycles. The lowest BCUT2D eigenvalue weighted by atomic mass is 10.1. The minimum atomic E-state index is -1.39. The molecule has 0 aliphatic carbocycles. The van der Waals surface area contributed by atoms with Crippen LogP contribution in [0.4, 0.5) is 4.39 Å². The molecule has 2 heterocycles. The number of halogens is 2. The van der Waals surface area contributed by atoms with Gasteiger partial charge in [-0.1, -0.05) is 11.6 Å². The summed E-state index contributed by atoms with van der Waals surface area (Å²) in [5.41, 5.74) is -1.15. The van der Waals surface area contributed by atoms with Gasteiger partial charge in [-0.25, -0.2) is 9.18 Å². The third-order valence-corrected chi connectivity index (χ3v) is 3.61. The summed E-state index contributed by atoms with van der Waals surface area (Å²) in [7, 11) is 0. The minimum absolute atomic E-state index is 0.0538. The van der Waals surface area contributed by atoms with Gasteiger partial charge in [0, 0.05) is 6.20 Å². The number of ether oxygens (including phenoxy) is 1. The van der Waals surface area contributed by atoms with Crippen molar-refractivity contribution < 1.29 is 19.0 Å². The standard InChI is InChI=1S/C13H9ClFNO4/c1-5-4-20-12-7(14)2-8(15)9-10(12)16(5)3-6(11(9)17)13(18)19/h2-3,5H,4H2,1H3,(H,18,19). The van der Waals surface area contributed by atoms with E-state index in [1.807, 2.05) is 0 Å². The van der Waals surface area contributed by atoms with Gasteiger partial charge < -0.3 is 14.4 Å². The van der Waals surface area contributed by atoms with Crippen molar-refractivity contribution in [1.82, 2.24) is 4.57 Å². The number of nitrogens with zero attached hydrogens (tertiary/aromatic N) is 1. The second-order valence-corrected chi connectivity index (χ2v) is 5.04. The summed E-state index contributed by atoms with van der Waals surface area (Å²) < 4.78 is 21.0. The van der Waals surface area contributed by atoms with Gasteiger partial charge >= 0.3 is 5.97 Å². The molecule has 104 valence electrons. The van der Waals surface area contributed by atoms with Crippen molar-refractivity contribution in [2.75, 3.05) is 6.61 Å². The first kappa shape index (κ1) is 12.9. The van der Waals surface area contributed by atoms with Crippen LogP contribution in [-0.4, -0.2) is 22.2 Å². The summed E-state index contributed by atoms with van der Waals surface area (Å²) >= 11 is 5.92. The van der Waals surface area contributed by atoms with E-state index in [9.17, 15) is 14.0 Å². The van der Waals surface area contributed by atoms with Crippen LogP contribution in [0.25, 0.3) is 10.9 Å². The minimum Gasteiger partial charge on any atom is -0.488 e. The molecule has 0 radical (unpaired) electrons. The summed E-state index contributed by atoms with van der Waals surface area (Å²) in [6, 6.07) is 0.730. The zero-order valence-electron chi connectivity index (χ0n) is 10.3. The number of carboxylic acid groups (broad SMARTS) is 1. The number of benzene rings is 1. The Labute approximate surface area is 117 Å². The van der Waals surface area contributed by atoms with Crippen LogP contribution in [0.2, 0.25) is 5.02 Å². The van der Waals surface area contributed by atoms with E-state index in [1.165, 1.54) is 10.8 Å². The fraction of sp³-hybridized carbons (Fsp3) is 0.231. The number of hydrogen-bond donors (Lipinski definition) is 1. The Kier molecular flexibility index (Phi) is 2.72. The molecule has 7 heteroatoms. The maximum atomic E-state index is 14.1. The second kappa shape index (κ2) is 4.21. The van der Waals surface area contributed by atoms with Crippen LogP contribution in [0.3, 0.4) is 0 Å². The molecule has 1 aromatic carbocycles. The smallest absolute Gasteiger partial charge is 0.341 e. The molecule has 1 aromatic heterocycles. The van der Waals surface area contributed by atoms with Crippen molar-refractivity contribution in [1.29, 1.82) is 0 Å². The topological polar surface area (TPSA) is 68.5 Å². The Balaban J connectivity index is 2.60. The number of aromatic carboxylic acids is 1. The van der Waals surface area contributed by atoms with E-state index in [1.54, 1.807) is 6.92 Å². The Morgan fingerprint density at radius 3 is 2.95 bits per heavy atom. The first-order chi connectivity index (χ1) is 9.41. The third kappa shape index (κ3) is 1.61. The van der Waals surface area contributed by atoms with Gasteiger partial charge in [0.25, 0.3) is 0 Å². The van der Waals surface area contributed by atoms with Crippen molar-refractivity contribution in [2.45, 2.75) is 13.0 Å². The lowest BCUT2D eigenvalue weighted by Gasteiger charge is -2.27. The summed E-state index contributed by atoms with van der Waals surface area (Å²) in [5, 5.41) is 8.82. The van der Waals surface area contributed by atoms with Crippen LogP contribution >= 0.6 is 11.6 Å². The number of aromatic nitrogens is 1. The fourth-order valence-corrected chi connectivity index (χ4v) is 2.61. The molecule has 1 aliphatic heterocycles. The van der Waals surface area contributed by atoms with Gasteiger partial charge in [0.05, 0.1) is 22.0 Å². The Hall–Kier alpha value is -2.08. The van der Waals surface area contributed by atoms with E-state index in [0.717, 1.165) is 6.07 Å². The summed E-state index contributed by atoms with van der Waals surface area (Å²) in [4.78, 5) is 23.2. The fourth-order valence-electron chi connectivity index (χ4n) is 2.37. The van der Waals surface area contributed by atoms with E-state index in [-0.39, 0.29) is 34.3 Å². The average Bonchev–Trinajstić information content (AvgIpc) is 2.36. The van der Waals surface area contributed by atoms with Gasteiger partial charge in [0.15, 0.2) is 5.75 Å². The Morgan fingerprint density at radius 2 is 2.30 bits per heavy atom. The van der Waals surface area contributed by atoms with Crippen molar-refractivity contribution in [3.05, 3.63) is 38.9 Å². The normalized spacial score (nSPS) is 17.1. The van der Waals surface area contributed by atoms with E-state index < -0.39 is 22.8 Å². The van der Waals surface area contributed by atoms with E-state index >= 15 is 0 Å². The van der Waals surface area contributed by atoms with Gasteiger partial charge in [0.2, 0.25) is 5.43 Å². The molecule has 0 bridgehead atoms.